The molecule has 16 heavy (non-hydrogen) atoms. The van der Waals surface area contributed by atoms with E-state index in [1.807, 2.05) is 6.20 Å². The number of thiazole rings is 1. The first-order valence-electron chi connectivity index (χ1n) is 6.03. The molecule has 0 aliphatic carbocycles. The summed E-state index contributed by atoms with van der Waals surface area (Å²) in [4.78, 5) is 6.98. The highest BCUT2D eigenvalue weighted by atomic mass is 32.1. The summed E-state index contributed by atoms with van der Waals surface area (Å²) in [5.74, 6) is 0.549. The Hall–Kier alpha value is -0.450. The van der Waals surface area contributed by atoms with Gasteiger partial charge in [-0.1, -0.05) is 6.92 Å². The van der Waals surface area contributed by atoms with Crippen LogP contribution in [0.25, 0.3) is 0 Å². The molecule has 0 aromatic carbocycles. The molecule has 3 nitrogen and oxygen atoms in total. The summed E-state index contributed by atoms with van der Waals surface area (Å²) in [7, 11) is 0. The van der Waals surface area contributed by atoms with E-state index in [1.165, 1.54) is 5.01 Å². The summed E-state index contributed by atoms with van der Waals surface area (Å²) in [5, 5.41) is 6.84. The number of hydrogen-bond donors (Lipinski definition) is 1. The van der Waals surface area contributed by atoms with E-state index in [4.69, 9.17) is 0 Å². The highest BCUT2D eigenvalue weighted by Gasteiger charge is 2.24. The second-order valence-electron chi connectivity index (χ2n) is 4.88. The Labute approximate surface area is 102 Å². The Morgan fingerprint density at radius 1 is 1.62 bits per heavy atom. The van der Waals surface area contributed by atoms with E-state index >= 15 is 0 Å². The Kier molecular flexibility index (Phi) is 3.95. The number of aromatic nitrogens is 1. The first kappa shape index (κ1) is 12.0. The highest BCUT2D eigenvalue weighted by molar-refractivity contribution is 7.09. The van der Waals surface area contributed by atoms with Gasteiger partial charge in [-0.25, -0.2) is 4.98 Å². The Morgan fingerprint density at radius 2 is 2.44 bits per heavy atom. The summed E-state index contributed by atoms with van der Waals surface area (Å²) < 4.78 is 0. The molecule has 1 aromatic rings. The smallest absolute Gasteiger partial charge is 0.0965 e. The van der Waals surface area contributed by atoms with Gasteiger partial charge in [0.25, 0.3) is 0 Å². The highest BCUT2D eigenvalue weighted by Crippen LogP contribution is 2.20. The van der Waals surface area contributed by atoms with Crippen molar-refractivity contribution >= 4 is 11.3 Å². The van der Waals surface area contributed by atoms with Crippen molar-refractivity contribution in [2.75, 3.05) is 19.6 Å². The topological polar surface area (TPSA) is 28.2 Å². The van der Waals surface area contributed by atoms with E-state index < -0.39 is 0 Å². The molecule has 0 amide bonds. The monoisotopic (exact) mass is 239 g/mol. The molecule has 90 valence electrons. The third kappa shape index (κ3) is 2.81. The van der Waals surface area contributed by atoms with Gasteiger partial charge in [-0.2, -0.15) is 0 Å². The first-order valence-corrected chi connectivity index (χ1v) is 6.91. The minimum absolute atomic E-state index is 0.549. The second-order valence-corrected chi connectivity index (χ2v) is 5.81. The molecule has 1 saturated heterocycles. The lowest BCUT2D eigenvalue weighted by Gasteiger charge is -2.38. The van der Waals surface area contributed by atoms with Crippen molar-refractivity contribution in [3.05, 3.63) is 16.6 Å². The molecule has 4 heteroatoms. The molecule has 1 N–H and O–H groups in total. The minimum atomic E-state index is 0.549. The summed E-state index contributed by atoms with van der Waals surface area (Å²) >= 11 is 1.77. The Morgan fingerprint density at radius 3 is 3.12 bits per heavy atom. The van der Waals surface area contributed by atoms with Gasteiger partial charge >= 0.3 is 0 Å². The molecule has 0 spiro atoms. The maximum absolute atomic E-state index is 4.40. The van der Waals surface area contributed by atoms with E-state index in [-0.39, 0.29) is 0 Å². The molecule has 3 atom stereocenters. The van der Waals surface area contributed by atoms with Crippen LogP contribution in [0.2, 0.25) is 0 Å². The summed E-state index contributed by atoms with van der Waals surface area (Å²) in [6, 6.07) is 1.25. The maximum atomic E-state index is 4.40. The zero-order chi connectivity index (χ0) is 11.5. The van der Waals surface area contributed by atoms with Crippen molar-refractivity contribution in [2.45, 2.75) is 38.8 Å². The molecule has 0 bridgehead atoms. The van der Waals surface area contributed by atoms with Gasteiger partial charge in [0.15, 0.2) is 0 Å². The van der Waals surface area contributed by atoms with Gasteiger partial charge in [0.1, 0.15) is 0 Å². The van der Waals surface area contributed by atoms with Gasteiger partial charge in [-0.15, -0.1) is 11.3 Å². The molecule has 1 fully saturated rings. The SMILES string of the molecule is CC1CN(CC(C)c2nccs2)C(C)CN1. The molecule has 1 aliphatic heterocycles. The maximum Gasteiger partial charge on any atom is 0.0965 e. The standard InChI is InChI=1S/C12H21N3S/c1-9(12-13-4-5-16-12)7-15-8-10(2)14-6-11(15)3/h4-5,9-11,14H,6-8H2,1-3H3. The molecule has 0 radical (unpaired) electrons. The van der Waals surface area contributed by atoms with Crippen LogP contribution in [0.4, 0.5) is 0 Å². The van der Waals surface area contributed by atoms with Crippen LogP contribution in [-0.2, 0) is 0 Å². The van der Waals surface area contributed by atoms with Gasteiger partial charge in [-0.05, 0) is 13.8 Å². The van der Waals surface area contributed by atoms with Crippen molar-refractivity contribution in [2.24, 2.45) is 0 Å². The van der Waals surface area contributed by atoms with Crippen molar-refractivity contribution in [1.82, 2.24) is 15.2 Å². The van der Waals surface area contributed by atoms with E-state index in [0.29, 0.717) is 18.0 Å². The number of hydrogen-bond acceptors (Lipinski definition) is 4. The fourth-order valence-electron chi connectivity index (χ4n) is 2.26. The van der Waals surface area contributed by atoms with Crippen molar-refractivity contribution in [1.29, 1.82) is 0 Å². The lowest BCUT2D eigenvalue weighted by atomic mass is 10.1. The number of rotatable bonds is 3. The van der Waals surface area contributed by atoms with E-state index in [0.717, 1.165) is 19.6 Å². The predicted molar refractivity (Wildman–Crippen MR) is 69.0 cm³/mol. The largest absolute Gasteiger partial charge is 0.311 e. The first-order chi connectivity index (χ1) is 7.66. The van der Waals surface area contributed by atoms with Gasteiger partial charge in [0.2, 0.25) is 0 Å². The third-order valence-corrected chi connectivity index (χ3v) is 4.28. The van der Waals surface area contributed by atoms with Crippen LogP contribution < -0.4 is 5.32 Å². The van der Waals surface area contributed by atoms with Crippen LogP contribution in [0, 0.1) is 0 Å². The second kappa shape index (κ2) is 5.25. The van der Waals surface area contributed by atoms with Gasteiger partial charge < -0.3 is 5.32 Å². The fourth-order valence-corrected chi connectivity index (χ4v) is 2.95. The van der Waals surface area contributed by atoms with Crippen LogP contribution >= 0.6 is 11.3 Å². The van der Waals surface area contributed by atoms with Crippen molar-refractivity contribution in [3.63, 3.8) is 0 Å². The molecule has 3 unspecified atom stereocenters. The molecule has 2 heterocycles. The van der Waals surface area contributed by atoms with Crippen LogP contribution in [0.15, 0.2) is 11.6 Å². The Balaban J connectivity index is 1.93. The normalized spacial score (nSPS) is 29.2. The summed E-state index contributed by atoms with van der Waals surface area (Å²) in [6.45, 7) is 10.2. The van der Waals surface area contributed by atoms with Crippen LogP contribution in [0.5, 0.6) is 0 Å². The van der Waals surface area contributed by atoms with Crippen molar-refractivity contribution in [3.8, 4) is 0 Å². The average Bonchev–Trinajstić information content (AvgIpc) is 2.76. The zero-order valence-corrected chi connectivity index (χ0v) is 11.1. The van der Waals surface area contributed by atoms with Gasteiger partial charge in [0, 0.05) is 49.2 Å². The van der Waals surface area contributed by atoms with Gasteiger partial charge in [0.05, 0.1) is 5.01 Å². The number of nitrogens with zero attached hydrogens (tertiary/aromatic N) is 2. The van der Waals surface area contributed by atoms with E-state index in [1.54, 1.807) is 11.3 Å². The summed E-state index contributed by atoms with van der Waals surface area (Å²) in [6.07, 6.45) is 1.90. The van der Waals surface area contributed by atoms with Gasteiger partial charge in [-0.3, -0.25) is 4.90 Å². The molecular formula is C12H21N3S. The molecule has 1 aliphatic rings. The summed E-state index contributed by atoms with van der Waals surface area (Å²) in [5.41, 5.74) is 0. The molecular weight excluding hydrogens is 218 g/mol. The molecule has 1 aromatic heterocycles. The predicted octanol–water partition coefficient (Wildman–Crippen LogP) is 1.93. The lowest BCUT2D eigenvalue weighted by Crippen LogP contribution is -2.54. The Bertz CT molecular complexity index is 312. The third-order valence-electron chi connectivity index (χ3n) is 3.27. The van der Waals surface area contributed by atoms with Crippen LogP contribution in [-0.4, -0.2) is 41.6 Å². The van der Waals surface area contributed by atoms with E-state index in [9.17, 15) is 0 Å². The average molecular weight is 239 g/mol. The molecule has 0 saturated carbocycles. The minimum Gasteiger partial charge on any atom is -0.311 e. The van der Waals surface area contributed by atoms with E-state index in [2.05, 4.69) is 41.4 Å². The fraction of sp³-hybridized carbons (Fsp3) is 0.750. The quantitative estimate of drug-likeness (QED) is 0.873. The van der Waals surface area contributed by atoms with Crippen LogP contribution in [0.3, 0.4) is 0 Å². The zero-order valence-electron chi connectivity index (χ0n) is 10.3. The number of nitrogens with one attached hydrogen (secondary N) is 1. The lowest BCUT2D eigenvalue weighted by molar-refractivity contribution is 0.140. The van der Waals surface area contributed by atoms with Crippen molar-refractivity contribution < 1.29 is 0 Å². The molecule has 2 rings (SSSR count). The number of piperazine rings is 1. The van der Waals surface area contributed by atoms with Crippen LogP contribution in [0.1, 0.15) is 31.7 Å².